The minimum atomic E-state index is -0.935. The molecule has 0 aliphatic carbocycles. The van der Waals surface area contributed by atoms with Crippen LogP contribution in [0.2, 0.25) is 0 Å². The van der Waals surface area contributed by atoms with E-state index in [1.807, 2.05) is 26.0 Å². The topological polar surface area (TPSA) is 55.4 Å². The molecule has 5 heteroatoms. The molecular weight excluding hydrogens is 321 g/mol. The second-order valence-electron chi connectivity index (χ2n) is 6.15. The van der Waals surface area contributed by atoms with Crippen molar-refractivity contribution in [2.24, 2.45) is 0 Å². The molecule has 2 aromatic rings. The Morgan fingerprint density at radius 1 is 1.04 bits per heavy atom. The van der Waals surface area contributed by atoms with Crippen LogP contribution in [0.1, 0.15) is 46.9 Å². The number of hydrogen-bond acceptors (Lipinski definition) is 3. The lowest BCUT2D eigenvalue weighted by molar-refractivity contribution is -0.129. The van der Waals surface area contributed by atoms with Crippen LogP contribution in [0.15, 0.2) is 42.5 Å². The average molecular weight is 343 g/mol. The van der Waals surface area contributed by atoms with Crippen molar-refractivity contribution in [3.05, 3.63) is 70.5 Å². The molecule has 0 radical (unpaired) electrons. The number of carbonyl (C=O) groups excluding carboxylic acids is 2. The highest BCUT2D eigenvalue weighted by Crippen LogP contribution is 2.15. The van der Waals surface area contributed by atoms with Gasteiger partial charge >= 0.3 is 5.97 Å². The van der Waals surface area contributed by atoms with E-state index in [1.54, 1.807) is 25.1 Å². The van der Waals surface area contributed by atoms with Gasteiger partial charge in [-0.3, -0.25) is 4.79 Å². The first-order valence-corrected chi connectivity index (χ1v) is 8.12. The lowest BCUT2D eigenvalue weighted by Crippen LogP contribution is -2.37. The predicted molar refractivity (Wildman–Crippen MR) is 93.8 cm³/mol. The van der Waals surface area contributed by atoms with Crippen LogP contribution in [-0.4, -0.2) is 18.0 Å². The number of rotatable bonds is 5. The number of ether oxygens (including phenoxy) is 1. The van der Waals surface area contributed by atoms with Crippen molar-refractivity contribution in [2.45, 2.75) is 39.8 Å². The number of aryl methyl sites for hydroxylation is 2. The molecule has 2 rings (SSSR count). The van der Waals surface area contributed by atoms with Gasteiger partial charge in [0, 0.05) is 0 Å². The standard InChI is InChI=1S/C20H22FNO3/c1-12-5-6-13(2)18(11-12)20(24)25-15(4)19(23)22-14(3)16-7-9-17(21)10-8-16/h5-11,14-15H,1-4H3,(H,22,23). The molecule has 2 aromatic carbocycles. The van der Waals surface area contributed by atoms with E-state index in [2.05, 4.69) is 5.32 Å². The molecule has 0 heterocycles. The van der Waals surface area contributed by atoms with Gasteiger partial charge in [0.2, 0.25) is 0 Å². The van der Waals surface area contributed by atoms with Crippen molar-refractivity contribution in [3.8, 4) is 0 Å². The lowest BCUT2D eigenvalue weighted by atomic mass is 10.1. The van der Waals surface area contributed by atoms with Gasteiger partial charge in [-0.25, -0.2) is 9.18 Å². The summed E-state index contributed by atoms with van der Waals surface area (Å²) in [6, 6.07) is 11.0. The van der Waals surface area contributed by atoms with Crippen LogP contribution in [0.3, 0.4) is 0 Å². The molecule has 25 heavy (non-hydrogen) atoms. The maximum atomic E-state index is 13.0. The van der Waals surface area contributed by atoms with Gasteiger partial charge in [0.1, 0.15) is 5.82 Å². The van der Waals surface area contributed by atoms with Gasteiger partial charge in [0.25, 0.3) is 5.91 Å². The molecule has 1 amide bonds. The van der Waals surface area contributed by atoms with E-state index in [0.29, 0.717) is 5.56 Å². The molecule has 132 valence electrons. The largest absolute Gasteiger partial charge is 0.449 e. The van der Waals surface area contributed by atoms with E-state index in [4.69, 9.17) is 4.74 Å². The number of esters is 1. The Labute approximate surface area is 147 Å². The number of hydrogen-bond donors (Lipinski definition) is 1. The highest BCUT2D eigenvalue weighted by atomic mass is 19.1. The SMILES string of the molecule is Cc1ccc(C)c(C(=O)OC(C)C(=O)NC(C)c2ccc(F)cc2)c1. The third-order valence-corrected chi connectivity index (χ3v) is 3.99. The van der Waals surface area contributed by atoms with Crippen LogP contribution < -0.4 is 5.32 Å². The van der Waals surface area contributed by atoms with Gasteiger partial charge in [-0.05, 0) is 57.0 Å². The Hall–Kier alpha value is -2.69. The van der Waals surface area contributed by atoms with Gasteiger partial charge in [0.05, 0.1) is 11.6 Å². The maximum absolute atomic E-state index is 13.0. The number of benzene rings is 2. The second kappa shape index (κ2) is 7.92. The summed E-state index contributed by atoms with van der Waals surface area (Å²) in [5.41, 5.74) is 2.96. The number of nitrogens with one attached hydrogen (secondary N) is 1. The summed E-state index contributed by atoms with van der Waals surface area (Å²) < 4.78 is 18.2. The normalized spacial score (nSPS) is 13.0. The van der Waals surface area contributed by atoms with E-state index < -0.39 is 18.0 Å². The maximum Gasteiger partial charge on any atom is 0.339 e. The molecule has 0 fully saturated rings. The molecule has 1 N–H and O–H groups in total. The van der Waals surface area contributed by atoms with E-state index in [0.717, 1.165) is 16.7 Å². The quantitative estimate of drug-likeness (QED) is 0.839. The van der Waals surface area contributed by atoms with Crippen LogP contribution in [0.25, 0.3) is 0 Å². The Bertz CT molecular complexity index is 771. The molecule has 0 aliphatic rings. The fourth-order valence-corrected chi connectivity index (χ4v) is 2.40. The predicted octanol–water partition coefficient (Wildman–Crippen LogP) is 3.87. The van der Waals surface area contributed by atoms with Crippen molar-refractivity contribution in [2.75, 3.05) is 0 Å². The lowest BCUT2D eigenvalue weighted by Gasteiger charge is -2.18. The molecule has 4 nitrogen and oxygen atoms in total. The molecule has 0 saturated carbocycles. The van der Waals surface area contributed by atoms with Crippen LogP contribution in [-0.2, 0) is 9.53 Å². The number of halogens is 1. The van der Waals surface area contributed by atoms with E-state index >= 15 is 0 Å². The summed E-state index contributed by atoms with van der Waals surface area (Å²) >= 11 is 0. The smallest absolute Gasteiger partial charge is 0.339 e. The molecule has 0 aliphatic heterocycles. The van der Waals surface area contributed by atoms with Gasteiger partial charge in [-0.15, -0.1) is 0 Å². The van der Waals surface area contributed by atoms with Crippen LogP contribution >= 0.6 is 0 Å². The fourth-order valence-electron chi connectivity index (χ4n) is 2.40. The summed E-state index contributed by atoms with van der Waals surface area (Å²) in [6.45, 7) is 7.01. The second-order valence-corrected chi connectivity index (χ2v) is 6.15. The van der Waals surface area contributed by atoms with Crippen LogP contribution in [0, 0.1) is 19.7 Å². The van der Waals surface area contributed by atoms with E-state index in [1.165, 1.54) is 19.1 Å². The highest BCUT2D eigenvalue weighted by molar-refractivity contribution is 5.93. The molecule has 2 atom stereocenters. The summed E-state index contributed by atoms with van der Waals surface area (Å²) in [5, 5.41) is 2.76. The molecule has 0 bridgehead atoms. The zero-order valence-corrected chi connectivity index (χ0v) is 14.8. The molecule has 0 saturated heterocycles. The van der Waals surface area contributed by atoms with Crippen molar-refractivity contribution in [1.29, 1.82) is 0 Å². The zero-order valence-electron chi connectivity index (χ0n) is 14.8. The first kappa shape index (κ1) is 18.6. The highest BCUT2D eigenvalue weighted by Gasteiger charge is 2.21. The first-order valence-electron chi connectivity index (χ1n) is 8.12. The van der Waals surface area contributed by atoms with Crippen molar-refractivity contribution < 1.29 is 18.7 Å². The zero-order chi connectivity index (χ0) is 18.6. The third-order valence-electron chi connectivity index (χ3n) is 3.99. The molecule has 0 aromatic heterocycles. The van der Waals surface area contributed by atoms with Gasteiger partial charge < -0.3 is 10.1 Å². The molecular formula is C20H22FNO3. The Morgan fingerprint density at radius 2 is 1.68 bits per heavy atom. The summed E-state index contributed by atoms with van der Waals surface area (Å²) in [5.74, 6) is -1.27. The minimum Gasteiger partial charge on any atom is -0.449 e. The summed E-state index contributed by atoms with van der Waals surface area (Å²) in [4.78, 5) is 24.5. The Kier molecular flexibility index (Phi) is 5.91. The fraction of sp³-hybridized carbons (Fsp3) is 0.300. The number of amides is 1. The monoisotopic (exact) mass is 343 g/mol. The van der Waals surface area contributed by atoms with Gasteiger partial charge in [0.15, 0.2) is 6.10 Å². The van der Waals surface area contributed by atoms with Crippen molar-refractivity contribution in [3.63, 3.8) is 0 Å². The van der Waals surface area contributed by atoms with Crippen LogP contribution in [0.5, 0.6) is 0 Å². The Morgan fingerprint density at radius 3 is 2.32 bits per heavy atom. The molecule has 2 unspecified atom stereocenters. The van der Waals surface area contributed by atoms with Crippen LogP contribution in [0.4, 0.5) is 4.39 Å². The van der Waals surface area contributed by atoms with Gasteiger partial charge in [-0.1, -0.05) is 29.8 Å². The third kappa shape index (κ3) is 4.89. The minimum absolute atomic E-state index is 0.324. The van der Waals surface area contributed by atoms with Crippen molar-refractivity contribution >= 4 is 11.9 Å². The average Bonchev–Trinajstić information content (AvgIpc) is 2.57. The summed E-state index contributed by atoms with van der Waals surface area (Å²) in [7, 11) is 0. The van der Waals surface area contributed by atoms with Gasteiger partial charge in [-0.2, -0.15) is 0 Å². The molecule has 0 spiro atoms. The van der Waals surface area contributed by atoms with E-state index in [9.17, 15) is 14.0 Å². The Balaban J connectivity index is 1.98. The summed E-state index contributed by atoms with van der Waals surface area (Å²) in [6.07, 6.45) is -0.935. The van der Waals surface area contributed by atoms with E-state index in [-0.39, 0.29) is 11.9 Å². The number of carbonyl (C=O) groups is 2. The van der Waals surface area contributed by atoms with Crippen molar-refractivity contribution in [1.82, 2.24) is 5.32 Å². The first-order chi connectivity index (χ1) is 11.8.